The van der Waals surface area contributed by atoms with Gasteiger partial charge < -0.3 is 10.5 Å². The molecule has 2 rings (SSSR count). The molecule has 0 radical (unpaired) electrons. The van der Waals surface area contributed by atoms with Gasteiger partial charge in [0.1, 0.15) is 11.4 Å². The Bertz CT molecular complexity index is 945. The summed E-state index contributed by atoms with van der Waals surface area (Å²) >= 11 is 3.20. The lowest BCUT2D eigenvalue weighted by molar-refractivity contribution is 0.0473. The Morgan fingerprint density at radius 3 is 2.42 bits per heavy atom. The molecule has 0 aliphatic carbocycles. The molecule has 0 spiro atoms. The van der Waals surface area contributed by atoms with Gasteiger partial charge in [-0.05, 0) is 28.1 Å². The van der Waals surface area contributed by atoms with Crippen molar-refractivity contribution in [2.75, 3.05) is 12.3 Å². The van der Waals surface area contributed by atoms with E-state index in [1.807, 2.05) is 0 Å². The van der Waals surface area contributed by atoms with Gasteiger partial charge in [0.25, 0.3) is 5.56 Å². The van der Waals surface area contributed by atoms with Crippen LogP contribution >= 0.6 is 15.9 Å². The zero-order valence-corrected chi connectivity index (χ0v) is 14.5. The standard InChI is InChI=1S/C15H14BrN3O5/c1-18-12(17)11(13(21)19(2)15(18)23)10(20)7-24-14(22)8-5-3-4-6-9(8)16/h3-6H,7,17H2,1-2H3. The molecule has 0 atom stereocenters. The van der Waals surface area contributed by atoms with E-state index in [9.17, 15) is 19.2 Å². The van der Waals surface area contributed by atoms with Gasteiger partial charge in [-0.25, -0.2) is 9.59 Å². The van der Waals surface area contributed by atoms with E-state index in [1.54, 1.807) is 18.2 Å². The lowest BCUT2D eigenvalue weighted by Crippen LogP contribution is -2.42. The number of anilines is 1. The van der Waals surface area contributed by atoms with Crippen LogP contribution in [0.1, 0.15) is 20.7 Å². The quantitative estimate of drug-likeness (QED) is 0.594. The molecule has 24 heavy (non-hydrogen) atoms. The fourth-order valence-electron chi connectivity index (χ4n) is 2.03. The van der Waals surface area contributed by atoms with Crippen LogP contribution in [-0.4, -0.2) is 27.5 Å². The van der Waals surface area contributed by atoms with Crippen LogP contribution in [0.25, 0.3) is 0 Å². The van der Waals surface area contributed by atoms with Crippen LogP contribution in [0.3, 0.4) is 0 Å². The van der Waals surface area contributed by atoms with Gasteiger partial charge in [-0.1, -0.05) is 12.1 Å². The Labute approximate surface area is 144 Å². The van der Waals surface area contributed by atoms with Crippen molar-refractivity contribution in [1.82, 2.24) is 9.13 Å². The molecule has 1 heterocycles. The molecule has 0 bridgehead atoms. The number of halogens is 1. The first kappa shape index (κ1) is 17.7. The fraction of sp³-hybridized carbons (Fsp3) is 0.200. The summed E-state index contributed by atoms with van der Waals surface area (Å²) in [7, 11) is 2.56. The van der Waals surface area contributed by atoms with Gasteiger partial charge in [-0.3, -0.25) is 18.7 Å². The highest BCUT2D eigenvalue weighted by molar-refractivity contribution is 9.10. The van der Waals surface area contributed by atoms with Crippen molar-refractivity contribution >= 4 is 33.5 Å². The zero-order valence-electron chi connectivity index (χ0n) is 12.9. The van der Waals surface area contributed by atoms with Gasteiger partial charge >= 0.3 is 11.7 Å². The summed E-state index contributed by atoms with van der Waals surface area (Å²) in [4.78, 5) is 48.0. The van der Waals surface area contributed by atoms with Crippen LogP contribution in [0, 0.1) is 0 Å². The van der Waals surface area contributed by atoms with Crippen molar-refractivity contribution < 1.29 is 14.3 Å². The van der Waals surface area contributed by atoms with Crippen molar-refractivity contribution in [3.05, 3.63) is 60.7 Å². The third-order valence-corrected chi connectivity index (χ3v) is 4.11. The minimum atomic E-state index is -0.836. The predicted octanol–water partition coefficient (Wildman–Crippen LogP) is 0.468. The molecule has 1 aromatic carbocycles. The Hall–Kier alpha value is -2.68. The maximum atomic E-state index is 12.2. The smallest absolute Gasteiger partial charge is 0.339 e. The highest BCUT2D eigenvalue weighted by Crippen LogP contribution is 2.17. The van der Waals surface area contributed by atoms with Crippen molar-refractivity contribution in [3.63, 3.8) is 0 Å². The Morgan fingerprint density at radius 1 is 1.17 bits per heavy atom. The van der Waals surface area contributed by atoms with Gasteiger partial charge in [0.15, 0.2) is 6.61 Å². The van der Waals surface area contributed by atoms with E-state index in [2.05, 4.69) is 15.9 Å². The summed E-state index contributed by atoms with van der Waals surface area (Å²) in [5.41, 5.74) is 4.04. The molecule has 2 N–H and O–H groups in total. The molecule has 126 valence electrons. The second-order valence-corrected chi connectivity index (χ2v) is 5.80. The Morgan fingerprint density at radius 2 is 1.79 bits per heavy atom. The summed E-state index contributed by atoms with van der Waals surface area (Å²) in [5, 5.41) is 0. The largest absolute Gasteiger partial charge is 0.454 e. The number of aromatic nitrogens is 2. The van der Waals surface area contributed by atoms with E-state index in [-0.39, 0.29) is 16.9 Å². The molecule has 1 aromatic heterocycles. The SMILES string of the molecule is Cn1c(N)c(C(=O)COC(=O)c2ccccc2Br)c(=O)n(C)c1=O. The summed E-state index contributed by atoms with van der Waals surface area (Å²) in [6.45, 7) is -0.669. The zero-order chi connectivity index (χ0) is 18.0. The number of hydrogen-bond acceptors (Lipinski definition) is 6. The lowest BCUT2D eigenvalue weighted by atomic mass is 10.2. The highest BCUT2D eigenvalue weighted by atomic mass is 79.9. The van der Waals surface area contributed by atoms with Crippen LogP contribution in [0.15, 0.2) is 38.3 Å². The van der Waals surface area contributed by atoms with Crippen LogP contribution in [0.5, 0.6) is 0 Å². The van der Waals surface area contributed by atoms with E-state index in [4.69, 9.17) is 10.5 Å². The number of nitrogens with zero attached hydrogens (tertiary/aromatic N) is 2. The third kappa shape index (κ3) is 3.16. The predicted molar refractivity (Wildman–Crippen MR) is 90.1 cm³/mol. The minimum absolute atomic E-state index is 0.242. The lowest BCUT2D eigenvalue weighted by Gasteiger charge is -2.11. The van der Waals surface area contributed by atoms with Crippen molar-refractivity contribution in [2.45, 2.75) is 0 Å². The number of benzene rings is 1. The first-order valence-electron chi connectivity index (χ1n) is 6.76. The Kier molecular flexibility index (Phi) is 5.03. The first-order valence-corrected chi connectivity index (χ1v) is 7.55. The topological polar surface area (TPSA) is 113 Å². The fourth-order valence-corrected chi connectivity index (χ4v) is 2.48. The average Bonchev–Trinajstić information content (AvgIpc) is 2.56. The molecule has 0 aliphatic heterocycles. The van der Waals surface area contributed by atoms with Crippen LogP contribution in [0.2, 0.25) is 0 Å². The number of carbonyl (C=O) groups is 2. The molecule has 0 fully saturated rings. The summed E-state index contributed by atoms with van der Waals surface area (Å²) in [6.07, 6.45) is 0. The maximum absolute atomic E-state index is 12.2. The van der Waals surface area contributed by atoms with E-state index < -0.39 is 29.6 Å². The second-order valence-electron chi connectivity index (χ2n) is 4.95. The van der Waals surface area contributed by atoms with E-state index in [1.165, 1.54) is 20.2 Å². The van der Waals surface area contributed by atoms with Gasteiger partial charge in [-0.2, -0.15) is 0 Å². The van der Waals surface area contributed by atoms with E-state index in [0.29, 0.717) is 4.47 Å². The molecule has 0 unspecified atom stereocenters. The van der Waals surface area contributed by atoms with E-state index in [0.717, 1.165) is 9.13 Å². The molecule has 0 saturated carbocycles. The number of esters is 1. The van der Waals surface area contributed by atoms with Gasteiger partial charge in [0.2, 0.25) is 5.78 Å². The van der Waals surface area contributed by atoms with Gasteiger partial charge in [0.05, 0.1) is 5.56 Å². The monoisotopic (exact) mass is 395 g/mol. The van der Waals surface area contributed by atoms with Gasteiger partial charge in [-0.15, -0.1) is 0 Å². The van der Waals surface area contributed by atoms with E-state index >= 15 is 0 Å². The first-order chi connectivity index (χ1) is 11.3. The number of ether oxygens (including phenoxy) is 1. The van der Waals surface area contributed by atoms with Gasteiger partial charge in [0, 0.05) is 18.6 Å². The molecule has 0 amide bonds. The van der Waals surface area contributed by atoms with Crippen LogP contribution < -0.4 is 17.0 Å². The number of rotatable bonds is 4. The average molecular weight is 396 g/mol. The molecule has 2 aromatic rings. The normalized spacial score (nSPS) is 10.5. The molecule has 0 aliphatic rings. The number of ketones is 1. The number of hydrogen-bond donors (Lipinski definition) is 1. The number of Topliss-reactive ketones (excluding diaryl/α,β-unsaturated/α-hetero) is 1. The maximum Gasteiger partial charge on any atom is 0.339 e. The molecule has 0 saturated heterocycles. The summed E-state index contributed by atoms with van der Waals surface area (Å²) < 4.78 is 7.19. The van der Waals surface area contributed by atoms with Crippen molar-refractivity contribution in [2.24, 2.45) is 14.1 Å². The van der Waals surface area contributed by atoms with Crippen LogP contribution in [-0.2, 0) is 18.8 Å². The minimum Gasteiger partial charge on any atom is -0.454 e. The van der Waals surface area contributed by atoms with Crippen molar-refractivity contribution in [3.8, 4) is 0 Å². The number of carbonyl (C=O) groups excluding carboxylic acids is 2. The number of nitrogen functional groups attached to an aromatic ring is 1. The molecule has 8 nitrogen and oxygen atoms in total. The number of nitrogens with two attached hydrogens (primary N) is 1. The highest BCUT2D eigenvalue weighted by Gasteiger charge is 2.22. The summed E-state index contributed by atoms with van der Waals surface area (Å²) in [5.74, 6) is -1.79. The third-order valence-electron chi connectivity index (χ3n) is 3.42. The Balaban J connectivity index is 2.26. The molecular formula is C15H14BrN3O5. The second kappa shape index (κ2) is 6.83. The van der Waals surface area contributed by atoms with Crippen LogP contribution in [0.4, 0.5) is 5.82 Å². The molecular weight excluding hydrogens is 382 g/mol. The summed E-state index contributed by atoms with van der Waals surface area (Å²) in [6, 6.07) is 6.54. The molecule has 9 heteroatoms. The van der Waals surface area contributed by atoms with Crippen molar-refractivity contribution in [1.29, 1.82) is 0 Å².